The molecule has 2 nitrogen and oxygen atoms in total. The minimum Gasteiger partial charge on any atom is -0.380 e. The van der Waals surface area contributed by atoms with Gasteiger partial charge < -0.3 is 10.0 Å². The Labute approximate surface area is 133 Å². The molecule has 0 amide bonds. The van der Waals surface area contributed by atoms with Crippen LogP contribution in [0.4, 0.5) is 0 Å². The minimum absolute atomic E-state index is 0.493. The van der Waals surface area contributed by atoms with Crippen molar-refractivity contribution in [3.8, 4) is 0 Å². The lowest BCUT2D eigenvalue weighted by Gasteiger charge is -2.32. The number of rotatable bonds is 3. The van der Waals surface area contributed by atoms with Crippen molar-refractivity contribution in [2.45, 2.75) is 24.9 Å². The summed E-state index contributed by atoms with van der Waals surface area (Å²) in [5.41, 5.74) is 2.50. The van der Waals surface area contributed by atoms with Gasteiger partial charge >= 0.3 is 0 Å². The Hall–Kier alpha value is -1.64. The number of fused-ring (bicyclic) bond motifs is 1. The highest BCUT2D eigenvalue weighted by Crippen LogP contribution is 2.41. The van der Waals surface area contributed by atoms with Gasteiger partial charge in [-0.25, -0.2) is 0 Å². The predicted octanol–water partition coefficient (Wildman–Crippen LogP) is 3.44. The number of hydrogen-bond donors (Lipinski definition) is 1. The molecule has 0 fully saturated rings. The SMILES string of the molecule is CN(C)CC1CCc2ccccc2C(O)(c2ccccc2)C1. The summed E-state index contributed by atoms with van der Waals surface area (Å²) in [6, 6.07) is 18.5. The molecule has 2 atom stereocenters. The summed E-state index contributed by atoms with van der Waals surface area (Å²) in [7, 11) is 4.22. The molecular formula is C20H25NO. The van der Waals surface area contributed by atoms with E-state index in [9.17, 15) is 5.11 Å². The molecule has 0 aromatic heterocycles. The predicted molar refractivity (Wildman–Crippen MR) is 90.9 cm³/mol. The Balaban J connectivity index is 2.06. The molecule has 116 valence electrons. The summed E-state index contributed by atoms with van der Waals surface area (Å²) in [6.45, 7) is 1.02. The van der Waals surface area contributed by atoms with Crippen LogP contribution in [0, 0.1) is 5.92 Å². The Kier molecular flexibility index (Phi) is 4.32. The molecule has 2 heteroatoms. The third-order valence-electron chi connectivity index (χ3n) is 4.74. The zero-order chi connectivity index (χ0) is 15.6. The van der Waals surface area contributed by atoms with Gasteiger partial charge in [0.15, 0.2) is 0 Å². The lowest BCUT2D eigenvalue weighted by Crippen LogP contribution is -2.32. The average Bonchev–Trinajstić information content (AvgIpc) is 2.66. The molecule has 1 aliphatic rings. The van der Waals surface area contributed by atoms with Crippen molar-refractivity contribution in [1.82, 2.24) is 4.90 Å². The highest BCUT2D eigenvalue weighted by molar-refractivity contribution is 5.42. The van der Waals surface area contributed by atoms with E-state index in [4.69, 9.17) is 0 Å². The molecule has 2 aromatic carbocycles. The van der Waals surface area contributed by atoms with Crippen LogP contribution >= 0.6 is 0 Å². The standard InChI is InChI=1S/C20H25NO/c1-21(2)15-16-12-13-17-8-6-7-11-19(17)20(22,14-16)18-9-4-3-5-10-18/h3-11,16,22H,12-15H2,1-2H3. The van der Waals surface area contributed by atoms with E-state index >= 15 is 0 Å². The summed E-state index contributed by atoms with van der Waals surface area (Å²) in [4.78, 5) is 2.23. The van der Waals surface area contributed by atoms with Gasteiger partial charge in [0.05, 0.1) is 0 Å². The fourth-order valence-corrected chi connectivity index (χ4v) is 3.79. The third kappa shape index (κ3) is 2.94. The molecule has 1 N–H and O–H groups in total. The van der Waals surface area contributed by atoms with E-state index in [-0.39, 0.29) is 0 Å². The van der Waals surface area contributed by atoms with Crippen LogP contribution in [-0.2, 0) is 12.0 Å². The van der Waals surface area contributed by atoms with Gasteiger partial charge in [0, 0.05) is 6.54 Å². The first-order chi connectivity index (χ1) is 10.6. The van der Waals surface area contributed by atoms with Gasteiger partial charge in [-0.3, -0.25) is 0 Å². The van der Waals surface area contributed by atoms with Crippen LogP contribution in [-0.4, -0.2) is 30.6 Å². The van der Waals surface area contributed by atoms with E-state index in [0.717, 1.165) is 36.9 Å². The molecule has 1 aliphatic carbocycles. The van der Waals surface area contributed by atoms with Crippen molar-refractivity contribution >= 4 is 0 Å². The fraction of sp³-hybridized carbons (Fsp3) is 0.400. The molecule has 0 heterocycles. The van der Waals surface area contributed by atoms with Crippen LogP contribution in [0.5, 0.6) is 0 Å². The summed E-state index contributed by atoms with van der Waals surface area (Å²) in [6.07, 6.45) is 2.96. The maximum atomic E-state index is 11.6. The summed E-state index contributed by atoms with van der Waals surface area (Å²) < 4.78 is 0. The van der Waals surface area contributed by atoms with Crippen molar-refractivity contribution in [2.24, 2.45) is 5.92 Å². The van der Waals surface area contributed by atoms with Crippen LogP contribution in [0.2, 0.25) is 0 Å². The number of aryl methyl sites for hydroxylation is 1. The molecular weight excluding hydrogens is 270 g/mol. The lowest BCUT2D eigenvalue weighted by molar-refractivity contribution is 0.0496. The molecule has 0 spiro atoms. The second-order valence-electron chi connectivity index (χ2n) is 6.75. The molecule has 0 radical (unpaired) electrons. The fourth-order valence-electron chi connectivity index (χ4n) is 3.79. The molecule has 2 unspecified atom stereocenters. The third-order valence-corrected chi connectivity index (χ3v) is 4.74. The van der Waals surface area contributed by atoms with Crippen LogP contribution < -0.4 is 0 Å². The van der Waals surface area contributed by atoms with Crippen LogP contribution in [0.15, 0.2) is 54.6 Å². The van der Waals surface area contributed by atoms with Crippen LogP contribution in [0.3, 0.4) is 0 Å². The second kappa shape index (κ2) is 6.23. The molecule has 3 rings (SSSR count). The number of benzene rings is 2. The zero-order valence-corrected chi connectivity index (χ0v) is 13.5. The van der Waals surface area contributed by atoms with Gasteiger partial charge in [-0.05, 0) is 56.0 Å². The van der Waals surface area contributed by atoms with Crippen molar-refractivity contribution in [3.05, 3.63) is 71.3 Å². The molecule has 0 bridgehead atoms. The molecule has 22 heavy (non-hydrogen) atoms. The van der Waals surface area contributed by atoms with E-state index in [1.807, 2.05) is 24.3 Å². The van der Waals surface area contributed by atoms with Crippen molar-refractivity contribution in [3.63, 3.8) is 0 Å². The Bertz CT molecular complexity index is 623. The Morgan fingerprint density at radius 2 is 1.73 bits per heavy atom. The normalized spacial score (nSPS) is 24.8. The first kappa shape index (κ1) is 15.3. The van der Waals surface area contributed by atoms with E-state index in [0.29, 0.717) is 5.92 Å². The largest absolute Gasteiger partial charge is 0.380 e. The highest BCUT2D eigenvalue weighted by Gasteiger charge is 2.38. The summed E-state index contributed by atoms with van der Waals surface area (Å²) >= 11 is 0. The number of nitrogens with zero attached hydrogens (tertiary/aromatic N) is 1. The first-order valence-electron chi connectivity index (χ1n) is 8.10. The topological polar surface area (TPSA) is 23.5 Å². The van der Waals surface area contributed by atoms with Crippen molar-refractivity contribution in [2.75, 3.05) is 20.6 Å². The second-order valence-corrected chi connectivity index (χ2v) is 6.75. The van der Waals surface area contributed by atoms with Crippen LogP contribution in [0.25, 0.3) is 0 Å². The van der Waals surface area contributed by atoms with E-state index in [1.165, 1.54) is 5.56 Å². The molecule has 0 saturated heterocycles. The van der Waals surface area contributed by atoms with Gasteiger partial charge in [0.1, 0.15) is 5.60 Å². The van der Waals surface area contributed by atoms with Crippen molar-refractivity contribution < 1.29 is 5.11 Å². The summed E-state index contributed by atoms with van der Waals surface area (Å²) in [5, 5.41) is 11.6. The van der Waals surface area contributed by atoms with Gasteiger partial charge in [-0.1, -0.05) is 54.6 Å². The highest BCUT2D eigenvalue weighted by atomic mass is 16.3. The lowest BCUT2D eigenvalue weighted by atomic mass is 9.79. The quantitative estimate of drug-likeness (QED) is 0.877. The van der Waals surface area contributed by atoms with Crippen molar-refractivity contribution in [1.29, 1.82) is 0 Å². The Morgan fingerprint density at radius 3 is 2.45 bits per heavy atom. The smallest absolute Gasteiger partial charge is 0.115 e. The van der Waals surface area contributed by atoms with E-state index < -0.39 is 5.60 Å². The Morgan fingerprint density at radius 1 is 1.05 bits per heavy atom. The monoisotopic (exact) mass is 295 g/mol. The molecule has 0 saturated carbocycles. The minimum atomic E-state index is -0.880. The van der Waals surface area contributed by atoms with Gasteiger partial charge in [0.25, 0.3) is 0 Å². The van der Waals surface area contributed by atoms with Gasteiger partial charge in [0.2, 0.25) is 0 Å². The maximum Gasteiger partial charge on any atom is 0.115 e. The number of hydrogen-bond acceptors (Lipinski definition) is 2. The van der Waals surface area contributed by atoms with E-state index in [1.54, 1.807) is 0 Å². The zero-order valence-electron chi connectivity index (χ0n) is 13.5. The van der Waals surface area contributed by atoms with E-state index in [2.05, 4.69) is 49.3 Å². The number of aliphatic hydroxyl groups is 1. The summed E-state index contributed by atoms with van der Waals surface area (Å²) in [5.74, 6) is 0.493. The van der Waals surface area contributed by atoms with Gasteiger partial charge in [-0.15, -0.1) is 0 Å². The van der Waals surface area contributed by atoms with Crippen LogP contribution in [0.1, 0.15) is 29.5 Å². The average molecular weight is 295 g/mol. The van der Waals surface area contributed by atoms with Gasteiger partial charge in [-0.2, -0.15) is 0 Å². The maximum absolute atomic E-state index is 11.6. The molecule has 2 aromatic rings. The molecule has 0 aliphatic heterocycles. The first-order valence-corrected chi connectivity index (χ1v) is 8.10.